The van der Waals surface area contributed by atoms with E-state index in [4.69, 9.17) is 5.26 Å². The van der Waals surface area contributed by atoms with Crippen LogP contribution >= 0.6 is 0 Å². The van der Waals surface area contributed by atoms with Crippen molar-refractivity contribution in [1.29, 1.82) is 5.26 Å². The lowest BCUT2D eigenvalue weighted by Crippen LogP contribution is -2.34. The fourth-order valence-corrected chi connectivity index (χ4v) is 0.796. The Morgan fingerprint density at radius 1 is 1.64 bits per heavy atom. The molecule has 0 bridgehead atoms. The van der Waals surface area contributed by atoms with Crippen LogP contribution in [-0.4, -0.2) is 38.1 Å². The van der Waals surface area contributed by atoms with E-state index in [9.17, 15) is 0 Å². The van der Waals surface area contributed by atoms with Crippen LogP contribution in [-0.2, 0) is 0 Å². The van der Waals surface area contributed by atoms with Crippen LogP contribution in [0.25, 0.3) is 0 Å². The molecule has 0 aromatic carbocycles. The van der Waals surface area contributed by atoms with Gasteiger partial charge < -0.3 is 10.2 Å². The van der Waals surface area contributed by atoms with Crippen molar-refractivity contribution >= 4 is 0 Å². The predicted octanol–water partition coefficient (Wildman–Crippen LogP) is 0.440. The summed E-state index contributed by atoms with van der Waals surface area (Å²) in [6.45, 7) is 4.05. The summed E-state index contributed by atoms with van der Waals surface area (Å²) in [5.41, 5.74) is 0. The molecule has 0 aromatic heterocycles. The molecule has 0 aromatic rings. The lowest BCUT2D eigenvalue weighted by Gasteiger charge is -2.21. The number of rotatable bonds is 5. The maximum atomic E-state index is 8.42. The molecule has 0 rings (SSSR count). The lowest BCUT2D eigenvalue weighted by atomic mass is 10.2. The SMILES string of the molecule is CNCCN(C)C(C)CC#N. The summed E-state index contributed by atoms with van der Waals surface area (Å²) < 4.78 is 0. The summed E-state index contributed by atoms with van der Waals surface area (Å²) in [6, 6.07) is 2.53. The summed E-state index contributed by atoms with van der Waals surface area (Å²) in [6.07, 6.45) is 0.611. The Morgan fingerprint density at radius 2 is 2.27 bits per heavy atom. The van der Waals surface area contributed by atoms with Crippen LogP contribution in [0, 0.1) is 11.3 Å². The molecule has 1 N–H and O–H groups in total. The van der Waals surface area contributed by atoms with E-state index < -0.39 is 0 Å². The Hall–Kier alpha value is -0.590. The third kappa shape index (κ3) is 4.77. The first kappa shape index (κ1) is 10.4. The van der Waals surface area contributed by atoms with Crippen molar-refractivity contribution in [3.63, 3.8) is 0 Å². The van der Waals surface area contributed by atoms with Crippen molar-refractivity contribution in [2.45, 2.75) is 19.4 Å². The highest BCUT2D eigenvalue weighted by Gasteiger charge is 2.06. The monoisotopic (exact) mass is 155 g/mol. The number of nitriles is 1. The van der Waals surface area contributed by atoms with E-state index in [1.807, 2.05) is 14.1 Å². The second-order valence-electron chi connectivity index (χ2n) is 2.80. The third-order valence-corrected chi connectivity index (χ3v) is 1.85. The second-order valence-corrected chi connectivity index (χ2v) is 2.80. The topological polar surface area (TPSA) is 39.1 Å². The van der Waals surface area contributed by atoms with Gasteiger partial charge in [-0.3, -0.25) is 0 Å². The quantitative estimate of drug-likeness (QED) is 0.626. The molecular formula is C8H17N3. The smallest absolute Gasteiger partial charge is 0.0638 e. The summed E-state index contributed by atoms with van der Waals surface area (Å²) in [4.78, 5) is 2.18. The molecule has 0 amide bonds. The molecule has 11 heavy (non-hydrogen) atoms. The van der Waals surface area contributed by atoms with Crippen LogP contribution < -0.4 is 5.32 Å². The van der Waals surface area contributed by atoms with Gasteiger partial charge >= 0.3 is 0 Å². The van der Waals surface area contributed by atoms with E-state index in [0.29, 0.717) is 12.5 Å². The number of likely N-dealkylation sites (N-methyl/N-ethyl adjacent to an activating group) is 2. The average Bonchev–Trinajstić information content (AvgIpc) is 2.00. The van der Waals surface area contributed by atoms with Crippen LogP contribution in [0.4, 0.5) is 0 Å². The van der Waals surface area contributed by atoms with Gasteiger partial charge in [0.2, 0.25) is 0 Å². The van der Waals surface area contributed by atoms with Gasteiger partial charge in [-0.1, -0.05) is 0 Å². The molecule has 0 aliphatic rings. The van der Waals surface area contributed by atoms with Gasteiger partial charge in [-0.05, 0) is 21.0 Å². The molecule has 3 heteroatoms. The zero-order valence-electron chi connectivity index (χ0n) is 7.59. The number of hydrogen-bond acceptors (Lipinski definition) is 3. The Labute approximate surface area is 69.0 Å². The summed E-state index contributed by atoms with van der Waals surface area (Å²) in [7, 11) is 3.97. The maximum Gasteiger partial charge on any atom is 0.0638 e. The first-order valence-electron chi connectivity index (χ1n) is 3.94. The summed E-state index contributed by atoms with van der Waals surface area (Å²) in [5, 5.41) is 11.5. The van der Waals surface area contributed by atoms with Crippen LogP contribution in [0.2, 0.25) is 0 Å². The van der Waals surface area contributed by atoms with Gasteiger partial charge in [-0.2, -0.15) is 5.26 Å². The Bertz CT molecular complexity index is 128. The molecule has 1 atom stereocenters. The summed E-state index contributed by atoms with van der Waals surface area (Å²) in [5.74, 6) is 0. The van der Waals surface area contributed by atoms with Gasteiger partial charge in [-0.25, -0.2) is 0 Å². The normalized spacial score (nSPS) is 13.0. The predicted molar refractivity (Wildman–Crippen MR) is 46.2 cm³/mol. The summed E-state index contributed by atoms with van der Waals surface area (Å²) >= 11 is 0. The number of nitrogens with one attached hydrogen (secondary N) is 1. The number of hydrogen-bond donors (Lipinski definition) is 1. The van der Waals surface area contributed by atoms with E-state index in [1.54, 1.807) is 0 Å². The largest absolute Gasteiger partial charge is 0.318 e. The van der Waals surface area contributed by atoms with Crippen LogP contribution in [0.1, 0.15) is 13.3 Å². The highest BCUT2D eigenvalue weighted by molar-refractivity contribution is 4.78. The highest BCUT2D eigenvalue weighted by Crippen LogP contribution is 1.97. The average molecular weight is 155 g/mol. The fraction of sp³-hybridized carbons (Fsp3) is 0.875. The van der Waals surface area contributed by atoms with Crippen LogP contribution in [0.5, 0.6) is 0 Å². The minimum absolute atomic E-state index is 0.369. The fourth-order valence-electron chi connectivity index (χ4n) is 0.796. The van der Waals surface area contributed by atoms with E-state index in [0.717, 1.165) is 13.1 Å². The molecular weight excluding hydrogens is 138 g/mol. The second kappa shape index (κ2) is 6.14. The van der Waals surface area contributed by atoms with Gasteiger partial charge in [0.1, 0.15) is 0 Å². The lowest BCUT2D eigenvalue weighted by molar-refractivity contribution is 0.262. The number of nitrogens with zero attached hydrogens (tertiary/aromatic N) is 2. The Kier molecular flexibility index (Phi) is 5.81. The molecule has 0 saturated carbocycles. The molecule has 0 saturated heterocycles. The molecule has 64 valence electrons. The van der Waals surface area contributed by atoms with Gasteiger partial charge in [0.25, 0.3) is 0 Å². The molecule has 0 radical (unpaired) electrons. The van der Waals surface area contributed by atoms with Crippen molar-refractivity contribution in [1.82, 2.24) is 10.2 Å². The first-order chi connectivity index (χ1) is 5.22. The minimum atomic E-state index is 0.369. The molecule has 3 nitrogen and oxygen atoms in total. The molecule has 1 unspecified atom stereocenters. The van der Waals surface area contributed by atoms with Gasteiger partial charge in [-0.15, -0.1) is 0 Å². The zero-order chi connectivity index (χ0) is 8.69. The van der Waals surface area contributed by atoms with Crippen molar-refractivity contribution < 1.29 is 0 Å². The van der Waals surface area contributed by atoms with Gasteiger partial charge in [0.05, 0.1) is 12.5 Å². The zero-order valence-corrected chi connectivity index (χ0v) is 7.59. The van der Waals surface area contributed by atoms with E-state index >= 15 is 0 Å². The molecule has 0 aliphatic carbocycles. The van der Waals surface area contributed by atoms with Crippen LogP contribution in [0.15, 0.2) is 0 Å². The molecule has 0 fully saturated rings. The van der Waals surface area contributed by atoms with Crippen molar-refractivity contribution in [3.05, 3.63) is 0 Å². The van der Waals surface area contributed by atoms with Gasteiger partial charge in [0.15, 0.2) is 0 Å². The highest BCUT2D eigenvalue weighted by atomic mass is 15.1. The van der Waals surface area contributed by atoms with E-state index in [-0.39, 0.29) is 0 Å². The van der Waals surface area contributed by atoms with Crippen molar-refractivity contribution in [2.24, 2.45) is 0 Å². The van der Waals surface area contributed by atoms with Crippen molar-refractivity contribution in [2.75, 3.05) is 27.2 Å². The van der Waals surface area contributed by atoms with Crippen LogP contribution in [0.3, 0.4) is 0 Å². The molecule has 0 heterocycles. The standard InChI is InChI=1S/C8H17N3/c1-8(4-5-9)11(3)7-6-10-2/h8,10H,4,6-7H2,1-3H3. The molecule has 0 spiro atoms. The van der Waals surface area contributed by atoms with E-state index in [2.05, 4.69) is 23.2 Å². The van der Waals surface area contributed by atoms with Gasteiger partial charge in [0, 0.05) is 19.1 Å². The maximum absolute atomic E-state index is 8.42. The minimum Gasteiger partial charge on any atom is -0.318 e. The first-order valence-corrected chi connectivity index (χ1v) is 3.94. The van der Waals surface area contributed by atoms with Crippen molar-refractivity contribution in [3.8, 4) is 6.07 Å². The Morgan fingerprint density at radius 3 is 2.73 bits per heavy atom. The van der Waals surface area contributed by atoms with E-state index in [1.165, 1.54) is 0 Å². The third-order valence-electron chi connectivity index (χ3n) is 1.85. The molecule has 0 aliphatic heterocycles. The Balaban J connectivity index is 3.48.